The van der Waals surface area contributed by atoms with Gasteiger partial charge in [-0.2, -0.15) is 13.2 Å². The number of carbonyl (C=O) groups excluding carboxylic acids is 1. The van der Waals surface area contributed by atoms with E-state index in [-0.39, 0.29) is 16.5 Å². The first-order valence-electron chi connectivity index (χ1n) is 4.26. The summed E-state index contributed by atoms with van der Waals surface area (Å²) in [7, 11) is 0. The highest BCUT2D eigenvalue weighted by Crippen LogP contribution is 2.16. The molecule has 0 aliphatic carbocycles. The number of amides is 2. The lowest BCUT2D eigenvalue weighted by Crippen LogP contribution is -2.47. The van der Waals surface area contributed by atoms with Crippen molar-refractivity contribution in [1.29, 1.82) is 0 Å². The summed E-state index contributed by atoms with van der Waals surface area (Å²) in [6, 6.07) is -1.17. The number of rotatable bonds is 5. The second kappa shape index (κ2) is 6.33. The molecular formula is C8H10ClF3N2O3. The summed E-state index contributed by atoms with van der Waals surface area (Å²) in [5.41, 5.74) is 0. The van der Waals surface area contributed by atoms with E-state index < -0.39 is 31.3 Å². The maximum absolute atomic E-state index is 12.1. The number of alkyl halides is 3. The van der Waals surface area contributed by atoms with Crippen molar-refractivity contribution in [3.8, 4) is 0 Å². The van der Waals surface area contributed by atoms with E-state index in [1.54, 1.807) is 0 Å². The molecule has 2 amide bonds. The first kappa shape index (κ1) is 15.6. The maximum atomic E-state index is 12.1. The number of carboxylic acids is 1. The molecule has 9 heteroatoms. The molecule has 5 nitrogen and oxygen atoms in total. The van der Waals surface area contributed by atoms with E-state index in [9.17, 15) is 22.8 Å². The largest absolute Gasteiger partial charge is 0.480 e. The van der Waals surface area contributed by atoms with Crippen LogP contribution in [-0.2, 0) is 4.79 Å². The van der Waals surface area contributed by atoms with Gasteiger partial charge in [0.2, 0.25) is 0 Å². The number of nitrogens with one attached hydrogen (secondary N) is 1. The summed E-state index contributed by atoms with van der Waals surface area (Å²) >= 11 is 5.30. The Labute approximate surface area is 99.8 Å². The Hall–Kier alpha value is -1.44. The van der Waals surface area contributed by atoms with Gasteiger partial charge in [-0.25, -0.2) is 4.79 Å². The van der Waals surface area contributed by atoms with E-state index in [0.29, 0.717) is 0 Å². The molecule has 0 heterocycles. The van der Waals surface area contributed by atoms with Crippen molar-refractivity contribution in [2.24, 2.45) is 0 Å². The molecule has 0 aliphatic rings. The van der Waals surface area contributed by atoms with Gasteiger partial charge < -0.3 is 15.3 Å². The number of urea groups is 1. The number of hydrogen-bond donors (Lipinski definition) is 2. The minimum Gasteiger partial charge on any atom is -0.480 e. The molecule has 0 saturated heterocycles. The quantitative estimate of drug-likeness (QED) is 0.796. The van der Waals surface area contributed by atoms with Crippen LogP contribution in [0.3, 0.4) is 0 Å². The van der Waals surface area contributed by atoms with Gasteiger partial charge in [0.05, 0.1) is 6.54 Å². The van der Waals surface area contributed by atoms with E-state index >= 15 is 0 Å². The predicted octanol–water partition coefficient (Wildman–Crippen LogP) is 1.40. The molecular weight excluding hydrogens is 265 g/mol. The van der Waals surface area contributed by atoms with Crippen LogP contribution in [0.2, 0.25) is 0 Å². The van der Waals surface area contributed by atoms with E-state index in [0.717, 1.165) is 0 Å². The van der Waals surface area contributed by atoms with Crippen LogP contribution in [-0.4, -0.2) is 47.8 Å². The van der Waals surface area contributed by atoms with Crippen LogP contribution in [0, 0.1) is 0 Å². The van der Waals surface area contributed by atoms with Crippen LogP contribution in [0.4, 0.5) is 18.0 Å². The lowest BCUT2D eigenvalue weighted by atomic mass is 10.4. The Morgan fingerprint density at radius 3 is 2.29 bits per heavy atom. The maximum Gasteiger partial charge on any atom is 0.406 e. The first-order chi connectivity index (χ1) is 7.61. The second-order valence-corrected chi connectivity index (χ2v) is 3.58. The van der Waals surface area contributed by atoms with E-state index in [2.05, 4.69) is 6.58 Å². The number of halogens is 4. The van der Waals surface area contributed by atoms with Crippen molar-refractivity contribution in [2.45, 2.75) is 6.18 Å². The van der Waals surface area contributed by atoms with Crippen molar-refractivity contribution in [1.82, 2.24) is 10.2 Å². The van der Waals surface area contributed by atoms with Gasteiger partial charge in [-0.1, -0.05) is 18.2 Å². The zero-order chi connectivity index (χ0) is 13.6. The molecule has 0 rings (SSSR count). The highest BCUT2D eigenvalue weighted by molar-refractivity contribution is 6.29. The summed E-state index contributed by atoms with van der Waals surface area (Å²) in [5, 5.41) is 10.4. The molecule has 0 saturated carbocycles. The fourth-order valence-electron chi connectivity index (χ4n) is 0.863. The van der Waals surface area contributed by atoms with Crippen molar-refractivity contribution in [3.05, 3.63) is 11.6 Å². The van der Waals surface area contributed by atoms with Gasteiger partial charge in [-0.15, -0.1) is 0 Å². The molecule has 0 aromatic carbocycles. The topological polar surface area (TPSA) is 69.6 Å². The van der Waals surface area contributed by atoms with Crippen LogP contribution < -0.4 is 5.32 Å². The molecule has 0 bridgehead atoms. The summed E-state index contributed by atoms with van der Waals surface area (Å²) in [6.45, 7) is 0.266. The third-order valence-corrected chi connectivity index (χ3v) is 1.55. The van der Waals surface area contributed by atoms with Crippen LogP contribution in [0.1, 0.15) is 0 Å². The molecule has 0 spiro atoms. The van der Waals surface area contributed by atoms with Crippen LogP contribution in [0.15, 0.2) is 11.6 Å². The Morgan fingerprint density at radius 2 is 1.94 bits per heavy atom. The molecule has 0 fully saturated rings. The Kier molecular flexibility index (Phi) is 5.80. The molecule has 0 aromatic rings. The zero-order valence-electron chi connectivity index (χ0n) is 8.55. The van der Waals surface area contributed by atoms with Crippen molar-refractivity contribution in [3.63, 3.8) is 0 Å². The van der Waals surface area contributed by atoms with Gasteiger partial charge in [0.15, 0.2) is 0 Å². The average molecular weight is 275 g/mol. The minimum atomic E-state index is -4.68. The molecule has 0 aliphatic heterocycles. The smallest absolute Gasteiger partial charge is 0.406 e. The molecule has 17 heavy (non-hydrogen) atoms. The van der Waals surface area contributed by atoms with Gasteiger partial charge in [-0.3, -0.25) is 4.79 Å². The Bertz CT molecular complexity index is 320. The number of carbonyl (C=O) groups is 2. The van der Waals surface area contributed by atoms with E-state index in [1.165, 1.54) is 0 Å². The van der Waals surface area contributed by atoms with Gasteiger partial charge in [0.25, 0.3) is 0 Å². The highest BCUT2D eigenvalue weighted by Gasteiger charge is 2.33. The van der Waals surface area contributed by atoms with Gasteiger partial charge >= 0.3 is 18.2 Å². The van der Waals surface area contributed by atoms with E-state index in [1.807, 2.05) is 5.32 Å². The number of carboxylic acid groups (broad SMARTS) is 1. The molecule has 2 N–H and O–H groups in total. The van der Waals surface area contributed by atoms with Gasteiger partial charge in [0, 0.05) is 5.03 Å². The molecule has 0 unspecified atom stereocenters. The fraction of sp³-hybridized carbons (Fsp3) is 0.500. The fourth-order valence-corrected chi connectivity index (χ4v) is 0.929. The van der Waals surface area contributed by atoms with Crippen LogP contribution in [0.5, 0.6) is 0 Å². The summed E-state index contributed by atoms with van der Waals surface area (Å²) < 4.78 is 36.2. The Balaban J connectivity index is 4.50. The summed E-state index contributed by atoms with van der Waals surface area (Å²) in [6.07, 6.45) is -4.68. The van der Waals surface area contributed by atoms with E-state index in [4.69, 9.17) is 16.7 Å². The first-order valence-corrected chi connectivity index (χ1v) is 4.64. The standard InChI is InChI=1S/C8H10ClF3N2O3/c1-5(9)2-13-7(17)14(3-6(15)16)4-8(10,11)12/h1-4H2,(H,13,17)(H,15,16). The van der Waals surface area contributed by atoms with Gasteiger partial charge in [0.1, 0.15) is 13.1 Å². The lowest BCUT2D eigenvalue weighted by molar-refractivity contribution is -0.148. The predicted molar refractivity (Wildman–Crippen MR) is 53.7 cm³/mol. The lowest BCUT2D eigenvalue weighted by Gasteiger charge is -2.22. The van der Waals surface area contributed by atoms with Crippen molar-refractivity contribution < 1.29 is 27.9 Å². The number of nitrogens with zero attached hydrogens (tertiary/aromatic N) is 1. The van der Waals surface area contributed by atoms with Crippen molar-refractivity contribution in [2.75, 3.05) is 19.6 Å². The molecule has 0 atom stereocenters. The number of hydrogen-bond acceptors (Lipinski definition) is 2. The third-order valence-electron chi connectivity index (χ3n) is 1.41. The second-order valence-electron chi connectivity index (χ2n) is 3.04. The van der Waals surface area contributed by atoms with Crippen molar-refractivity contribution >= 4 is 23.6 Å². The summed E-state index contributed by atoms with van der Waals surface area (Å²) in [5.74, 6) is -1.55. The highest BCUT2D eigenvalue weighted by atomic mass is 35.5. The minimum absolute atomic E-state index is 0.0145. The van der Waals surface area contributed by atoms with Crippen LogP contribution >= 0.6 is 11.6 Å². The van der Waals surface area contributed by atoms with Gasteiger partial charge in [-0.05, 0) is 0 Å². The monoisotopic (exact) mass is 274 g/mol. The summed E-state index contributed by atoms with van der Waals surface area (Å²) in [4.78, 5) is 21.6. The Morgan fingerprint density at radius 1 is 1.41 bits per heavy atom. The SMILES string of the molecule is C=C(Cl)CNC(=O)N(CC(=O)O)CC(F)(F)F. The molecule has 98 valence electrons. The third kappa shape index (κ3) is 8.38. The number of aliphatic carboxylic acids is 1. The zero-order valence-corrected chi connectivity index (χ0v) is 9.31. The normalized spacial score (nSPS) is 10.8. The average Bonchev–Trinajstić information content (AvgIpc) is 2.09. The molecule has 0 aromatic heterocycles. The van der Waals surface area contributed by atoms with Crippen LogP contribution in [0.25, 0.3) is 0 Å². The molecule has 0 radical (unpaired) electrons.